The summed E-state index contributed by atoms with van der Waals surface area (Å²) in [6.07, 6.45) is 6.12. The minimum Gasteiger partial charge on any atom is -0.354 e. The van der Waals surface area contributed by atoms with Crippen LogP contribution in [0.25, 0.3) is 22.0 Å². The third-order valence-corrected chi connectivity index (χ3v) is 4.68. The average Bonchev–Trinajstić information content (AvgIpc) is 3.27. The van der Waals surface area contributed by atoms with E-state index in [1.165, 1.54) is 4.68 Å². The number of nitrogens with one attached hydrogen (secondary N) is 1. The molecule has 2 heterocycles. The van der Waals surface area contributed by atoms with Gasteiger partial charge in [0.05, 0.1) is 17.4 Å². The number of hydrogen-bond donors (Lipinski definition) is 1. The van der Waals surface area contributed by atoms with Crippen LogP contribution in [0.1, 0.15) is 6.42 Å². The first-order valence-electron chi connectivity index (χ1n) is 9.50. The summed E-state index contributed by atoms with van der Waals surface area (Å²) in [5.41, 5.74) is 1.32. The van der Waals surface area contributed by atoms with Gasteiger partial charge in [-0.05, 0) is 12.5 Å². The fourth-order valence-electron chi connectivity index (χ4n) is 3.25. The van der Waals surface area contributed by atoms with Gasteiger partial charge in [-0.3, -0.25) is 9.59 Å². The van der Waals surface area contributed by atoms with Crippen molar-refractivity contribution >= 4 is 16.7 Å². The lowest BCUT2D eigenvalue weighted by Gasteiger charge is -2.11. The molecule has 0 atom stereocenters. The lowest BCUT2D eigenvalue weighted by Crippen LogP contribution is -2.34. The van der Waals surface area contributed by atoms with E-state index in [0.717, 1.165) is 23.9 Å². The molecule has 1 N–H and O–H groups in total. The highest BCUT2D eigenvalue weighted by atomic mass is 16.2. The Balaban J connectivity index is 1.53. The van der Waals surface area contributed by atoms with Gasteiger partial charge < -0.3 is 9.88 Å². The van der Waals surface area contributed by atoms with E-state index in [0.29, 0.717) is 17.6 Å². The standard InChI is InChI=1S/C22H21N5O2/c28-20(24-11-6-13-26-14-12-23-16-26)15-27-22(29)19-10-5-4-9-18(19)21(25-27)17-7-2-1-3-8-17/h1-5,7-10,12,14,16H,6,11,13,15H2,(H,24,28). The molecule has 0 aliphatic heterocycles. The Labute approximate surface area is 167 Å². The van der Waals surface area contributed by atoms with Gasteiger partial charge in [0.25, 0.3) is 5.56 Å². The van der Waals surface area contributed by atoms with Gasteiger partial charge in [0.2, 0.25) is 5.91 Å². The van der Waals surface area contributed by atoms with Gasteiger partial charge in [0.15, 0.2) is 0 Å². The van der Waals surface area contributed by atoms with Gasteiger partial charge in [0.1, 0.15) is 6.54 Å². The number of amides is 1. The third-order valence-electron chi connectivity index (χ3n) is 4.68. The molecule has 0 bridgehead atoms. The second kappa shape index (κ2) is 8.52. The number of carbonyl (C=O) groups excluding carboxylic acids is 1. The van der Waals surface area contributed by atoms with E-state index in [2.05, 4.69) is 15.4 Å². The molecule has 7 nitrogen and oxygen atoms in total. The molecule has 0 radical (unpaired) electrons. The molecule has 2 aromatic carbocycles. The van der Waals surface area contributed by atoms with Crippen LogP contribution in [0.4, 0.5) is 0 Å². The average molecular weight is 387 g/mol. The SMILES string of the molecule is O=C(Cn1nc(-c2ccccc2)c2ccccc2c1=O)NCCCn1ccnc1. The number of aryl methyl sites for hydroxylation is 1. The summed E-state index contributed by atoms with van der Waals surface area (Å²) in [6, 6.07) is 17.0. The van der Waals surface area contributed by atoms with Crippen LogP contribution in [0.15, 0.2) is 78.1 Å². The summed E-state index contributed by atoms with van der Waals surface area (Å²) in [4.78, 5) is 29.2. The Morgan fingerprint density at radius 1 is 1.00 bits per heavy atom. The summed E-state index contributed by atoms with van der Waals surface area (Å²) in [5.74, 6) is -0.237. The molecule has 0 saturated heterocycles. The summed E-state index contributed by atoms with van der Waals surface area (Å²) in [6.45, 7) is 1.17. The van der Waals surface area contributed by atoms with E-state index in [1.54, 1.807) is 18.6 Å². The molecule has 0 unspecified atom stereocenters. The third kappa shape index (κ3) is 4.24. The maximum Gasteiger partial charge on any atom is 0.275 e. The normalized spacial score (nSPS) is 10.9. The van der Waals surface area contributed by atoms with Crippen LogP contribution in [-0.2, 0) is 17.9 Å². The summed E-state index contributed by atoms with van der Waals surface area (Å²) >= 11 is 0. The molecule has 0 aliphatic carbocycles. The molecule has 4 rings (SSSR count). The van der Waals surface area contributed by atoms with Crippen molar-refractivity contribution in [1.82, 2.24) is 24.6 Å². The second-order valence-electron chi connectivity index (χ2n) is 6.73. The van der Waals surface area contributed by atoms with Crippen molar-refractivity contribution in [2.24, 2.45) is 0 Å². The topological polar surface area (TPSA) is 81.8 Å². The monoisotopic (exact) mass is 387 g/mol. The molecule has 0 saturated carbocycles. The minimum atomic E-state index is -0.270. The molecule has 29 heavy (non-hydrogen) atoms. The predicted octanol–water partition coefficient (Wildman–Crippen LogP) is 2.47. The van der Waals surface area contributed by atoms with Crippen molar-refractivity contribution in [3.8, 4) is 11.3 Å². The van der Waals surface area contributed by atoms with Crippen LogP contribution in [0.2, 0.25) is 0 Å². The molecule has 1 amide bonds. The Kier molecular flexibility index (Phi) is 5.47. The lowest BCUT2D eigenvalue weighted by molar-refractivity contribution is -0.121. The van der Waals surface area contributed by atoms with Gasteiger partial charge in [-0.1, -0.05) is 48.5 Å². The summed E-state index contributed by atoms with van der Waals surface area (Å²) in [7, 11) is 0. The number of benzene rings is 2. The molecule has 0 spiro atoms. The number of carbonyl (C=O) groups is 1. The number of imidazole rings is 1. The molecular formula is C22H21N5O2. The Bertz CT molecular complexity index is 1170. The van der Waals surface area contributed by atoms with E-state index in [9.17, 15) is 9.59 Å². The van der Waals surface area contributed by atoms with Crippen LogP contribution in [-0.4, -0.2) is 31.8 Å². The molecule has 0 fully saturated rings. The molecule has 7 heteroatoms. The fraction of sp³-hybridized carbons (Fsp3) is 0.182. The van der Waals surface area contributed by atoms with Crippen LogP contribution < -0.4 is 10.9 Å². The molecule has 146 valence electrons. The van der Waals surface area contributed by atoms with E-state index < -0.39 is 0 Å². The highest BCUT2D eigenvalue weighted by Gasteiger charge is 2.13. The van der Waals surface area contributed by atoms with Gasteiger partial charge in [-0.25, -0.2) is 9.67 Å². The maximum absolute atomic E-state index is 12.8. The van der Waals surface area contributed by atoms with Crippen molar-refractivity contribution < 1.29 is 4.79 Å². The van der Waals surface area contributed by atoms with Crippen LogP contribution in [0, 0.1) is 0 Å². The zero-order chi connectivity index (χ0) is 20.1. The minimum absolute atomic E-state index is 0.116. The van der Waals surface area contributed by atoms with Crippen molar-refractivity contribution in [3.05, 3.63) is 83.7 Å². The number of nitrogens with zero attached hydrogens (tertiary/aromatic N) is 4. The van der Waals surface area contributed by atoms with E-state index in [1.807, 2.05) is 59.3 Å². The van der Waals surface area contributed by atoms with Gasteiger partial charge in [0, 0.05) is 36.4 Å². The molecular weight excluding hydrogens is 366 g/mol. The first-order valence-corrected chi connectivity index (χ1v) is 9.50. The van der Waals surface area contributed by atoms with E-state index >= 15 is 0 Å². The summed E-state index contributed by atoms with van der Waals surface area (Å²) < 4.78 is 3.20. The zero-order valence-corrected chi connectivity index (χ0v) is 15.9. The first kappa shape index (κ1) is 18.6. The highest BCUT2D eigenvalue weighted by Crippen LogP contribution is 2.24. The molecule has 2 aromatic heterocycles. The second-order valence-corrected chi connectivity index (χ2v) is 6.73. The van der Waals surface area contributed by atoms with Crippen molar-refractivity contribution in [1.29, 1.82) is 0 Å². The quantitative estimate of drug-likeness (QED) is 0.494. The van der Waals surface area contributed by atoms with Crippen molar-refractivity contribution in [2.45, 2.75) is 19.5 Å². The van der Waals surface area contributed by atoms with Gasteiger partial charge >= 0.3 is 0 Å². The zero-order valence-electron chi connectivity index (χ0n) is 15.9. The number of aromatic nitrogens is 4. The number of rotatable bonds is 7. The number of hydrogen-bond acceptors (Lipinski definition) is 4. The van der Waals surface area contributed by atoms with E-state index in [4.69, 9.17) is 0 Å². The first-order chi connectivity index (χ1) is 14.2. The van der Waals surface area contributed by atoms with Crippen molar-refractivity contribution in [2.75, 3.05) is 6.54 Å². The molecule has 4 aromatic rings. The molecule has 0 aliphatic rings. The maximum atomic E-state index is 12.8. The summed E-state index contributed by atoms with van der Waals surface area (Å²) in [5, 5.41) is 8.69. The number of fused-ring (bicyclic) bond motifs is 1. The smallest absolute Gasteiger partial charge is 0.275 e. The van der Waals surface area contributed by atoms with Gasteiger partial charge in [-0.15, -0.1) is 0 Å². The Morgan fingerprint density at radius 3 is 2.52 bits per heavy atom. The van der Waals surface area contributed by atoms with Crippen LogP contribution in [0.5, 0.6) is 0 Å². The fourth-order valence-corrected chi connectivity index (χ4v) is 3.25. The highest BCUT2D eigenvalue weighted by molar-refractivity contribution is 5.93. The van der Waals surface area contributed by atoms with E-state index in [-0.39, 0.29) is 18.0 Å². The lowest BCUT2D eigenvalue weighted by atomic mass is 10.1. The van der Waals surface area contributed by atoms with Gasteiger partial charge in [-0.2, -0.15) is 5.10 Å². The predicted molar refractivity (Wildman–Crippen MR) is 111 cm³/mol. The Hall–Kier alpha value is -3.74. The van der Waals surface area contributed by atoms with Crippen LogP contribution >= 0.6 is 0 Å². The van der Waals surface area contributed by atoms with Crippen molar-refractivity contribution in [3.63, 3.8) is 0 Å². The van der Waals surface area contributed by atoms with Crippen LogP contribution in [0.3, 0.4) is 0 Å². The largest absolute Gasteiger partial charge is 0.354 e. The Morgan fingerprint density at radius 2 is 1.76 bits per heavy atom.